The van der Waals surface area contributed by atoms with Crippen LogP contribution in [0.1, 0.15) is 40.8 Å². The van der Waals surface area contributed by atoms with E-state index in [0.717, 1.165) is 28.6 Å². The normalized spacial score (nSPS) is 15.3. The van der Waals surface area contributed by atoms with E-state index in [9.17, 15) is 18.0 Å². The summed E-state index contributed by atoms with van der Waals surface area (Å²) in [4.78, 5) is 24.2. The predicted octanol–water partition coefficient (Wildman–Crippen LogP) is 4.49. The van der Waals surface area contributed by atoms with Crippen molar-refractivity contribution in [1.82, 2.24) is 19.7 Å². The fraction of sp³-hybridized carbons (Fsp3) is 0.364. The van der Waals surface area contributed by atoms with Gasteiger partial charge < -0.3 is 9.74 Å². The van der Waals surface area contributed by atoms with Crippen LogP contribution >= 0.6 is 11.3 Å². The lowest BCUT2D eigenvalue weighted by Gasteiger charge is -2.31. The van der Waals surface area contributed by atoms with Crippen LogP contribution in [0.4, 0.5) is 13.2 Å². The van der Waals surface area contributed by atoms with Crippen LogP contribution in [0.15, 0.2) is 46.9 Å². The Kier molecular flexibility index (Phi) is 6.77. The molecule has 1 aliphatic heterocycles. The van der Waals surface area contributed by atoms with Crippen molar-refractivity contribution >= 4 is 23.5 Å². The van der Waals surface area contributed by atoms with Crippen molar-refractivity contribution in [2.75, 3.05) is 13.1 Å². The number of rotatable bonds is 6. The molecule has 33 heavy (non-hydrogen) atoms. The molecular weight excluding hydrogens is 455 g/mol. The van der Waals surface area contributed by atoms with Crippen LogP contribution in [0, 0.1) is 6.92 Å². The molecule has 3 aromatic rings. The van der Waals surface area contributed by atoms with E-state index in [4.69, 9.17) is 4.84 Å². The maximum atomic E-state index is 12.8. The third-order valence-electron chi connectivity index (χ3n) is 5.38. The lowest BCUT2D eigenvalue weighted by Crippen LogP contribution is -2.40. The quantitative estimate of drug-likeness (QED) is 0.388. The van der Waals surface area contributed by atoms with E-state index in [1.54, 1.807) is 11.1 Å². The molecule has 1 fully saturated rings. The zero-order valence-electron chi connectivity index (χ0n) is 17.8. The largest absolute Gasteiger partial charge is 0.435 e. The summed E-state index contributed by atoms with van der Waals surface area (Å²) in [5.74, 6) is 0.624. The van der Waals surface area contributed by atoms with Gasteiger partial charge in [0.1, 0.15) is 6.54 Å². The Morgan fingerprint density at radius 2 is 2.00 bits per heavy atom. The van der Waals surface area contributed by atoms with Crippen LogP contribution in [0.3, 0.4) is 0 Å². The van der Waals surface area contributed by atoms with Gasteiger partial charge in [-0.3, -0.25) is 9.48 Å². The van der Waals surface area contributed by atoms with Crippen LogP contribution in [-0.4, -0.2) is 44.9 Å². The molecule has 0 atom stereocenters. The molecule has 1 aromatic carbocycles. The van der Waals surface area contributed by atoms with Gasteiger partial charge in [0.2, 0.25) is 5.91 Å². The first-order chi connectivity index (χ1) is 15.8. The summed E-state index contributed by atoms with van der Waals surface area (Å²) >= 11 is 1.54. The number of hydrogen-bond donors (Lipinski definition) is 0. The first-order valence-corrected chi connectivity index (χ1v) is 11.3. The van der Waals surface area contributed by atoms with E-state index in [1.165, 1.54) is 18.3 Å². The number of hydrogen-bond acceptors (Lipinski definition) is 6. The summed E-state index contributed by atoms with van der Waals surface area (Å²) in [5, 5.41) is 10.4. The third kappa shape index (κ3) is 5.78. The van der Waals surface area contributed by atoms with Gasteiger partial charge in [0.25, 0.3) is 0 Å². The molecule has 7 nitrogen and oxygen atoms in total. The molecule has 0 aliphatic carbocycles. The Morgan fingerprint density at radius 1 is 1.27 bits per heavy atom. The average molecular weight is 478 g/mol. The molecule has 0 N–H and O–H groups in total. The third-order valence-corrected chi connectivity index (χ3v) is 6.41. The van der Waals surface area contributed by atoms with Crippen LogP contribution < -0.4 is 4.84 Å². The fourth-order valence-corrected chi connectivity index (χ4v) is 4.52. The number of carbonyl (C=O) groups excluding carboxylic acids is 1. The smallest absolute Gasteiger partial charge is 0.357 e. The first kappa shape index (κ1) is 23.0. The van der Waals surface area contributed by atoms with E-state index in [0.29, 0.717) is 30.2 Å². The minimum absolute atomic E-state index is 0.203. The molecule has 0 bridgehead atoms. The Hall–Kier alpha value is -3.21. The zero-order chi connectivity index (χ0) is 23.4. The molecule has 11 heteroatoms. The molecule has 4 rings (SSSR count). The van der Waals surface area contributed by atoms with Crippen molar-refractivity contribution in [2.24, 2.45) is 5.16 Å². The Morgan fingerprint density at radius 3 is 2.67 bits per heavy atom. The number of halogens is 3. The Balaban J connectivity index is 1.28. The van der Waals surface area contributed by atoms with Crippen LogP contribution in [0.2, 0.25) is 0 Å². The second-order valence-corrected chi connectivity index (χ2v) is 8.62. The van der Waals surface area contributed by atoms with Crippen molar-refractivity contribution in [3.63, 3.8) is 0 Å². The van der Waals surface area contributed by atoms with Crippen molar-refractivity contribution in [1.29, 1.82) is 0 Å². The summed E-state index contributed by atoms with van der Waals surface area (Å²) in [5.41, 5.74) is 0.0293. The van der Waals surface area contributed by atoms with Gasteiger partial charge in [0.05, 0.1) is 16.9 Å². The van der Waals surface area contributed by atoms with Gasteiger partial charge in [0, 0.05) is 30.1 Å². The number of aromatic nitrogens is 3. The van der Waals surface area contributed by atoms with Crippen LogP contribution in [0.5, 0.6) is 5.75 Å². The Bertz CT molecular complexity index is 1120. The maximum absolute atomic E-state index is 12.8. The average Bonchev–Trinajstić information content (AvgIpc) is 3.41. The molecule has 1 amide bonds. The highest BCUT2D eigenvalue weighted by Crippen LogP contribution is 2.31. The number of thiazole rings is 1. The van der Waals surface area contributed by atoms with E-state index in [2.05, 4.69) is 15.2 Å². The van der Waals surface area contributed by atoms with Gasteiger partial charge in [-0.15, -0.1) is 11.3 Å². The summed E-state index contributed by atoms with van der Waals surface area (Å²) in [7, 11) is 0. The van der Waals surface area contributed by atoms with Crippen molar-refractivity contribution in [3.8, 4) is 5.75 Å². The number of para-hydroxylation sites is 1. The highest BCUT2D eigenvalue weighted by atomic mass is 32.1. The minimum Gasteiger partial charge on any atom is -0.357 e. The number of oxime groups is 1. The molecule has 174 valence electrons. The molecule has 0 spiro atoms. The summed E-state index contributed by atoms with van der Waals surface area (Å²) in [6, 6.07) is 10.2. The SMILES string of the molecule is Cc1cc(C(F)(F)F)nn1CC(=O)N1CCC(c2nc(C=NOc3ccccc3)cs2)CC1. The highest BCUT2D eigenvalue weighted by Gasteiger charge is 2.35. The molecule has 0 saturated carbocycles. The number of amides is 1. The summed E-state index contributed by atoms with van der Waals surface area (Å²) in [6.07, 6.45) is -1.49. The number of alkyl halides is 3. The monoisotopic (exact) mass is 477 g/mol. The van der Waals surface area contributed by atoms with Gasteiger partial charge in [0.15, 0.2) is 11.4 Å². The minimum atomic E-state index is -4.53. The number of benzene rings is 1. The molecular formula is C22H22F3N5O2S. The summed E-state index contributed by atoms with van der Waals surface area (Å²) < 4.78 is 39.6. The second-order valence-electron chi connectivity index (χ2n) is 7.73. The number of nitrogens with zero attached hydrogens (tertiary/aromatic N) is 5. The standard InChI is InChI=1S/C22H22F3N5O2S/c1-15-11-19(22(23,24)25)28-30(15)13-20(31)29-9-7-16(8-10-29)21-27-17(14-33-21)12-26-32-18-5-3-2-4-6-18/h2-6,11-12,14,16H,7-10,13H2,1H3. The maximum Gasteiger partial charge on any atom is 0.435 e. The van der Waals surface area contributed by atoms with E-state index >= 15 is 0 Å². The van der Waals surface area contributed by atoms with Crippen molar-refractivity contribution in [3.05, 3.63) is 63.9 Å². The van der Waals surface area contributed by atoms with Crippen molar-refractivity contribution in [2.45, 2.75) is 38.4 Å². The first-order valence-electron chi connectivity index (χ1n) is 10.4. The number of likely N-dealkylation sites (tertiary alicyclic amines) is 1. The number of piperidine rings is 1. The molecule has 2 aromatic heterocycles. The van der Waals surface area contributed by atoms with Gasteiger partial charge in [-0.1, -0.05) is 23.4 Å². The van der Waals surface area contributed by atoms with Gasteiger partial charge in [-0.2, -0.15) is 18.3 Å². The van der Waals surface area contributed by atoms with Crippen LogP contribution in [-0.2, 0) is 17.5 Å². The molecule has 1 saturated heterocycles. The van der Waals surface area contributed by atoms with Crippen LogP contribution in [0.25, 0.3) is 0 Å². The van der Waals surface area contributed by atoms with E-state index < -0.39 is 11.9 Å². The van der Waals surface area contributed by atoms with E-state index in [-0.39, 0.29) is 18.4 Å². The second kappa shape index (κ2) is 9.74. The van der Waals surface area contributed by atoms with Gasteiger partial charge >= 0.3 is 6.18 Å². The lowest BCUT2D eigenvalue weighted by molar-refractivity contribution is -0.142. The summed E-state index contributed by atoms with van der Waals surface area (Å²) in [6.45, 7) is 2.36. The number of carbonyl (C=O) groups is 1. The molecule has 0 radical (unpaired) electrons. The van der Waals surface area contributed by atoms with Crippen molar-refractivity contribution < 1.29 is 22.8 Å². The predicted molar refractivity (Wildman–Crippen MR) is 117 cm³/mol. The zero-order valence-corrected chi connectivity index (χ0v) is 18.6. The number of aryl methyl sites for hydroxylation is 1. The van der Waals surface area contributed by atoms with Gasteiger partial charge in [-0.05, 0) is 38.0 Å². The molecule has 1 aliphatic rings. The molecule has 0 unspecified atom stereocenters. The highest BCUT2D eigenvalue weighted by molar-refractivity contribution is 7.09. The molecule has 3 heterocycles. The lowest BCUT2D eigenvalue weighted by atomic mass is 9.97. The van der Waals surface area contributed by atoms with Gasteiger partial charge in [-0.25, -0.2) is 4.98 Å². The van der Waals surface area contributed by atoms with E-state index in [1.807, 2.05) is 35.7 Å². The fourth-order valence-electron chi connectivity index (χ4n) is 3.58. The Labute approximate surface area is 192 Å². The topological polar surface area (TPSA) is 72.6 Å².